The Hall–Kier alpha value is -4.14. The third kappa shape index (κ3) is 6.03. The van der Waals surface area contributed by atoms with Gasteiger partial charge in [-0.15, -0.1) is 11.3 Å². The zero-order valence-corrected chi connectivity index (χ0v) is 23.2. The molecule has 2 unspecified atom stereocenters. The quantitative estimate of drug-likeness (QED) is 0.195. The molecule has 3 aromatic carbocycles. The highest BCUT2D eigenvalue weighted by Gasteiger charge is 2.55. The van der Waals surface area contributed by atoms with Gasteiger partial charge in [0.05, 0.1) is 23.4 Å². The molecule has 2 heterocycles. The number of amides is 3. The van der Waals surface area contributed by atoms with Crippen molar-refractivity contribution in [1.29, 1.82) is 0 Å². The van der Waals surface area contributed by atoms with E-state index in [1.807, 2.05) is 66.7 Å². The monoisotopic (exact) mass is 574 g/mol. The summed E-state index contributed by atoms with van der Waals surface area (Å²) in [6.45, 7) is -0.00279. The van der Waals surface area contributed by atoms with Gasteiger partial charge in [0.25, 0.3) is 0 Å². The molecular weight excluding hydrogens is 548 g/mol. The summed E-state index contributed by atoms with van der Waals surface area (Å²) < 4.78 is 11.4. The fourth-order valence-corrected chi connectivity index (χ4v) is 5.87. The number of halogens is 1. The molecule has 4 aromatic rings. The Morgan fingerprint density at radius 1 is 0.925 bits per heavy atom. The van der Waals surface area contributed by atoms with Crippen LogP contribution in [-0.2, 0) is 27.4 Å². The summed E-state index contributed by atoms with van der Waals surface area (Å²) in [5.41, 5.74) is 2.45. The number of nitrogens with one attached hydrogen (secondary N) is 1. The van der Waals surface area contributed by atoms with Crippen molar-refractivity contribution in [3.8, 4) is 5.75 Å². The highest BCUT2D eigenvalue weighted by molar-refractivity contribution is 7.16. The maximum absolute atomic E-state index is 13.6. The van der Waals surface area contributed by atoms with E-state index in [1.54, 1.807) is 37.4 Å². The number of hydrogen-bond acceptors (Lipinski definition) is 6. The molecule has 3 amide bonds. The van der Waals surface area contributed by atoms with Crippen LogP contribution in [0, 0.1) is 5.92 Å². The normalized spacial score (nSPS) is 16.4. The van der Waals surface area contributed by atoms with Gasteiger partial charge < -0.3 is 14.8 Å². The lowest BCUT2D eigenvalue weighted by Crippen LogP contribution is -2.69. The van der Waals surface area contributed by atoms with Crippen molar-refractivity contribution in [2.24, 2.45) is 5.92 Å². The summed E-state index contributed by atoms with van der Waals surface area (Å²) in [6.07, 6.45) is 0.281. The molecule has 9 heteroatoms. The molecule has 1 aliphatic heterocycles. The topological polar surface area (TPSA) is 84.9 Å². The largest absolute Gasteiger partial charge is 0.497 e. The molecule has 1 fully saturated rings. The van der Waals surface area contributed by atoms with Crippen molar-refractivity contribution in [2.45, 2.75) is 25.1 Å². The Morgan fingerprint density at radius 2 is 1.55 bits per heavy atom. The van der Waals surface area contributed by atoms with E-state index in [-0.39, 0.29) is 13.0 Å². The van der Waals surface area contributed by atoms with E-state index in [9.17, 15) is 14.4 Å². The van der Waals surface area contributed by atoms with Gasteiger partial charge in [-0.25, -0.2) is 14.5 Å². The second-order valence-electron chi connectivity index (χ2n) is 9.33. The molecule has 1 aliphatic rings. The predicted molar refractivity (Wildman–Crippen MR) is 153 cm³/mol. The number of hydrogen-bond donors (Lipinski definition) is 1. The smallest absolute Gasteiger partial charge is 0.330 e. The minimum absolute atomic E-state index is 0.00279. The Labute approximate surface area is 241 Å². The number of carbonyl (C=O) groups is 3. The highest BCUT2D eigenvalue weighted by atomic mass is 35.5. The van der Waals surface area contributed by atoms with E-state index in [4.69, 9.17) is 21.1 Å². The number of β-lactam (4-membered cyclic amide) rings is 1. The van der Waals surface area contributed by atoms with Crippen LogP contribution >= 0.6 is 22.9 Å². The van der Waals surface area contributed by atoms with Gasteiger partial charge in [0, 0.05) is 4.88 Å². The molecule has 0 aliphatic carbocycles. The van der Waals surface area contributed by atoms with E-state index in [2.05, 4.69) is 5.32 Å². The molecule has 7 nitrogen and oxygen atoms in total. The molecule has 1 saturated heterocycles. The van der Waals surface area contributed by atoms with Crippen LogP contribution in [0.4, 0.5) is 4.79 Å². The van der Waals surface area contributed by atoms with Gasteiger partial charge in [-0.3, -0.25) is 4.79 Å². The maximum Gasteiger partial charge on any atom is 0.330 e. The number of carbonyl (C=O) groups excluding carboxylic acids is 3. The summed E-state index contributed by atoms with van der Waals surface area (Å²) >= 11 is 7.43. The molecule has 1 aromatic heterocycles. The number of rotatable bonds is 9. The lowest BCUT2D eigenvalue weighted by molar-refractivity contribution is -0.170. The molecule has 5 rings (SSSR count). The third-order valence-electron chi connectivity index (χ3n) is 6.80. The summed E-state index contributed by atoms with van der Waals surface area (Å²) in [5, 5.41) is 2.97. The van der Waals surface area contributed by atoms with Crippen molar-refractivity contribution >= 4 is 40.8 Å². The van der Waals surface area contributed by atoms with Crippen LogP contribution in [0.3, 0.4) is 0 Å². The van der Waals surface area contributed by atoms with Crippen molar-refractivity contribution < 1.29 is 23.9 Å². The lowest BCUT2D eigenvalue weighted by Gasteiger charge is -2.44. The summed E-state index contributed by atoms with van der Waals surface area (Å²) in [6, 6.07) is 27.4. The minimum Gasteiger partial charge on any atom is -0.497 e. The number of urea groups is 1. The summed E-state index contributed by atoms with van der Waals surface area (Å²) in [7, 11) is 1.57. The van der Waals surface area contributed by atoms with Gasteiger partial charge in [0.2, 0.25) is 5.91 Å². The average molecular weight is 575 g/mol. The van der Waals surface area contributed by atoms with E-state index in [0.29, 0.717) is 10.1 Å². The molecule has 1 N–H and O–H groups in total. The third-order valence-corrected chi connectivity index (χ3v) is 8.05. The number of benzene rings is 3. The van der Waals surface area contributed by atoms with E-state index >= 15 is 0 Å². The second kappa shape index (κ2) is 12.4. The van der Waals surface area contributed by atoms with Gasteiger partial charge in [-0.05, 0) is 47.4 Å². The van der Waals surface area contributed by atoms with Crippen LogP contribution in [0.15, 0.2) is 97.1 Å². The summed E-state index contributed by atoms with van der Waals surface area (Å²) in [4.78, 5) is 42.2. The minimum atomic E-state index is -1.07. The van der Waals surface area contributed by atoms with Crippen molar-refractivity contribution in [1.82, 2.24) is 10.2 Å². The molecule has 0 spiro atoms. The van der Waals surface area contributed by atoms with Crippen molar-refractivity contribution in [3.05, 3.63) is 123 Å². The second-order valence-corrected chi connectivity index (χ2v) is 11.1. The van der Waals surface area contributed by atoms with Crippen LogP contribution < -0.4 is 10.1 Å². The molecule has 0 bridgehead atoms. The number of ether oxygens (including phenoxy) is 2. The molecule has 0 saturated carbocycles. The lowest BCUT2D eigenvalue weighted by atomic mass is 9.84. The van der Waals surface area contributed by atoms with Gasteiger partial charge in [-0.1, -0.05) is 84.4 Å². The predicted octanol–water partition coefficient (Wildman–Crippen LogP) is 6.02. The highest BCUT2D eigenvalue weighted by Crippen LogP contribution is 2.35. The first kappa shape index (κ1) is 27.4. The van der Waals surface area contributed by atoms with Gasteiger partial charge in [0.1, 0.15) is 12.4 Å². The number of nitrogens with zero attached hydrogens (tertiary/aromatic N) is 1. The molecule has 2 atom stereocenters. The summed E-state index contributed by atoms with van der Waals surface area (Å²) in [5.74, 6) is -1.14. The number of likely N-dealkylation sites (tertiary alicyclic amines) is 1. The number of imide groups is 1. The van der Waals surface area contributed by atoms with E-state index in [1.165, 1.54) is 11.3 Å². The number of thiophene rings is 1. The maximum atomic E-state index is 13.6. The zero-order chi connectivity index (χ0) is 28.1. The van der Waals surface area contributed by atoms with Gasteiger partial charge >= 0.3 is 12.0 Å². The number of methoxy groups -OCH3 is 1. The molecule has 0 radical (unpaired) electrons. The van der Waals surface area contributed by atoms with Crippen LogP contribution in [0.1, 0.15) is 27.6 Å². The van der Waals surface area contributed by atoms with Crippen molar-refractivity contribution in [2.75, 3.05) is 7.11 Å². The van der Waals surface area contributed by atoms with E-state index < -0.39 is 35.9 Å². The molecule has 204 valence electrons. The first-order valence-electron chi connectivity index (χ1n) is 12.7. The van der Waals surface area contributed by atoms with Gasteiger partial charge in [-0.2, -0.15) is 0 Å². The number of esters is 1. The first-order valence-corrected chi connectivity index (χ1v) is 13.9. The fourth-order valence-electron chi connectivity index (χ4n) is 4.73. The SMILES string of the molecule is COc1ccc(COC(=O)C2C(Cc3ccc(Cl)s3)C(=O)N2C(=O)NC(c2ccccc2)c2ccccc2)cc1. The first-order chi connectivity index (χ1) is 19.4. The standard InChI is InChI=1S/C31H27ClN2O5S/c1-38-23-14-12-20(13-15-23)19-39-30(36)28-25(18-24-16-17-26(32)40-24)29(35)34(28)31(37)33-27(21-8-4-2-5-9-21)22-10-6-3-7-11-22/h2-17,25,27-28H,18-19H2,1H3,(H,33,37). The van der Waals surface area contributed by atoms with Crippen LogP contribution in [0.2, 0.25) is 4.34 Å². The van der Waals surface area contributed by atoms with Crippen molar-refractivity contribution in [3.63, 3.8) is 0 Å². The molecular formula is C31H27ClN2O5S. The molecule has 40 heavy (non-hydrogen) atoms. The van der Waals surface area contributed by atoms with Crippen LogP contribution in [0.25, 0.3) is 0 Å². The van der Waals surface area contributed by atoms with Gasteiger partial charge in [0.15, 0.2) is 6.04 Å². The zero-order valence-electron chi connectivity index (χ0n) is 21.7. The van der Waals surface area contributed by atoms with Crippen LogP contribution in [-0.4, -0.2) is 36.0 Å². The van der Waals surface area contributed by atoms with Crippen LogP contribution in [0.5, 0.6) is 5.75 Å². The van der Waals surface area contributed by atoms with E-state index in [0.717, 1.165) is 26.5 Å². The average Bonchev–Trinajstić information content (AvgIpc) is 3.41. The Kier molecular flexibility index (Phi) is 8.48. The Morgan fingerprint density at radius 3 is 2.10 bits per heavy atom. The Bertz CT molecular complexity index is 1440. The fraction of sp³-hybridized carbons (Fsp3) is 0.194. The Balaban J connectivity index is 1.37.